The number of amides is 1. The number of carboxylic acid groups (broad SMARTS) is 1. The molecule has 0 radical (unpaired) electrons. The number of anilines is 1. The molecule has 0 aliphatic heterocycles. The Morgan fingerprint density at radius 3 is 2.79 bits per heavy atom. The van der Waals surface area contributed by atoms with Crippen LogP contribution in [-0.2, 0) is 9.59 Å². The highest BCUT2D eigenvalue weighted by Gasteiger charge is 2.12. The second-order valence-corrected chi connectivity index (χ2v) is 5.87. The summed E-state index contributed by atoms with van der Waals surface area (Å²) in [5.41, 5.74) is 0.111. The fourth-order valence-corrected chi connectivity index (χ4v) is 2.38. The zero-order chi connectivity index (χ0) is 14.4. The first-order valence-electron chi connectivity index (χ1n) is 5.45. The third-order valence-corrected chi connectivity index (χ3v) is 3.92. The summed E-state index contributed by atoms with van der Waals surface area (Å²) in [5, 5.41) is 11.1. The number of benzene rings is 1. The van der Waals surface area contributed by atoms with Crippen molar-refractivity contribution in [2.24, 2.45) is 5.92 Å². The van der Waals surface area contributed by atoms with Gasteiger partial charge in [0.15, 0.2) is 0 Å². The molecule has 104 valence electrons. The maximum absolute atomic E-state index is 13.4. The van der Waals surface area contributed by atoms with E-state index in [1.54, 1.807) is 13.0 Å². The molecular formula is C12H13BrFNO3S. The first kappa shape index (κ1) is 16.0. The topological polar surface area (TPSA) is 66.4 Å². The Balaban J connectivity index is 2.41. The van der Waals surface area contributed by atoms with E-state index < -0.39 is 17.7 Å². The SMILES string of the molecule is CC(CSCC(=O)Nc1ccc(Br)cc1F)C(=O)O. The highest BCUT2D eigenvalue weighted by molar-refractivity contribution is 9.10. The van der Waals surface area contributed by atoms with Gasteiger partial charge in [-0.1, -0.05) is 22.9 Å². The Morgan fingerprint density at radius 2 is 2.21 bits per heavy atom. The largest absolute Gasteiger partial charge is 0.481 e. The van der Waals surface area contributed by atoms with Crippen LogP contribution in [0.1, 0.15) is 6.92 Å². The molecule has 0 saturated heterocycles. The second kappa shape index (κ2) is 7.49. The van der Waals surface area contributed by atoms with E-state index in [-0.39, 0.29) is 17.3 Å². The van der Waals surface area contributed by atoms with Crippen LogP contribution >= 0.6 is 27.7 Å². The van der Waals surface area contributed by atoms with Gasteiger partial charge in [-0.15, -0.1) is 0 Å². The third-order valence-electron chi connectivity index (χ3n) is 2.23. The van der Waals surface area contributed by atoms with Crippen LogP contribution in [-0.4, -0.2) is 28.5 Å². The van der Waals surface area contributed by atoms with Crippen LogP contribution in [0.2, 0.25) is 0 Å². The molecule has 1 unspecified atom stereocenters. The maximum Gasteiger partial charge on any atom is 0.307 e. The molecular weight excluding hydrogens is 337 g/mol. The van der Waals surface area contributed by atoms with Gasteiger partial charge in [0.1, 0.15) is 5.82 Å². The monoisotopic (exact) mass is 349 g/mol. The highest BCUT2D eigenvalue weighted by Crippen LogP contribution is 2.19. The smallest absolute Gasteiger partial charge is 0.307 e. The van der Waals surface area contributed by atoms with E-state index in [0.29, 0.717) is 10.2 Å². The van der Waals surface area contributed by atoms with Gasteiger partial charge in [0, 0.05) is 10.2 Å². The molecule has 0 heterocycles. The quantitative estimate of drug-likeness (QED) is 0.828. The lowest BCUT2D eigenvalue weighted by Gasteiger charge is -2.08. The Bertz CT molecular complexity index is 484. The van der Waals surface area contributed by atoms with Gasteiger partial charge in [-0.3, -0.25) is 9.59 Å². The summed E-state index contributed by atoms with van der Waals surface area (Å²) in [6, 6.07) is 4.34. The molecule has 2 N–H and O–H groups in total. The standard InChI is InChI=1S/C12H13BrFNO3S/c1-7(12(17)18)5-19-6-11(16)15-10-3-2-8(13)4-9(10)14/h2-4,7H,5-6H2,1H3,(H,15,16)(H,17,18). The van der Waals surface area contributed by atoms with Crippen molar-refractivity contribution in [2.45, 2.75) is 6.92 Å². The Morgan fingerprint density at radius 1 is 1.53 bits per heavy atom. The van der Waals surface area contributed by atoms with Gasteiger partial charge in [0.05, 0.1) is 17.4 Å². The van der Waals surface area contributed by atoms with E-state index in [1.807, 2.05) is 0 Å². The molecule has 0 bridgehead atoms. The fourth-order valence-electron chi connectivity index (χ4n) is 1.18. The number of thioether (sulfide) groups is 1. The van der Waals surface area contributed by atoms with Gasteiger partial charge in [-0.05, 0) is 18.2 Å². The van der Waals surface area contributed by atoms with Crippen LogP contribution in [0.4, 0.5) is 10.1 Å². The van der Waals surface area contributed by atoms with Crippen molar-refractivity contribution in [1.29, 1.82) is 0 Å². The van der Waals surface area contributed by atoms with E-state index in [4.69, 9.17) is 5.11 Å². The van der Waals surface area contributed by atoms with E-state index in [9.17, 15) is 14.0 Å². The third kappa shape index (κ3) is 5.61. The zero-order valence-electron chi connectivity index (χ0n) is 10.2. The predicted molar refractivity (Wildman–Crippen MR) is 76.9 cm³/mol. The average molecular weight is 350 g/mol. The van der Waals surface area contributed by atoms with Crippen LogP contribution in [0, 0.1) is 11.7 Å². The van der Waals surface area contributed by atoms with Crippen molar-refractivity contribution in [3.8, 4) is 0 Å². The predicted octanol–water partition coefficient (Wildman–Crippen LogP) is 2.98. The van der Waals surface area contributed by atoms with Gasteiger partial charge in [0.2, 0.25) is 5.91 Å². The summed E-state index contributed by atoms with van der Waals surface area (Å²) in [5.74, 6) is -1.86. The summed E-state index contributed by atoms with van der Waals surface area (Å²) in [6.07, 6.45) is 0. The van der Waals surface area contributed by atoms with E-state index in [1.165, 1.54) is 23.9 Å². The number of carbonyl (C=O) groups is 2. The first-order valence-corrected chi connectivity index (χ1v) is 7.40. The van der Waals surface area contributed by atoms with Crippen molar-refractivity contribution in [1.82, 2.24) is 0 Å². The number of rotatable bonds is 6. The molecule has 0 spiro atoms. The minimum absolute atomic E-state index is 0.0904. The van der Waals surface area contributed by atoms with Gasteiger partial charge >= 0.3 is 5.97 Å². The molecule has 19 heavy (non-hydrogen) atoms. The lowest BCUT2D eigenvalue weighted by atomic mass is 10.2. The number of halogens is 2. The number of hydrogen-bond donors (Lipinski definition) is 2. The number of nitrogens with one attached hydrogen (secondary N) is 1. The molecule has 1 amide bonds. The van der Waals surface area contributed by atoms with Gasteiger partial charge in [-0.25, -0.2) is 4.39 Å². The van der Waals surface area contributed by atoms with Crippen molar-refractivity contribution < 1.29 is 19.1 Å². The molecule has 4 nitrogen and oxygen atoms in total. The minimum atomic E-state index is -0.896. The van der Waals surface area contributed by atoms with E-state index in [2.05, 4.69) is 21.2 Å². The molecule has 0 aromatic heterocycles. The maximum atomic E-state index is 13.4. The number of carbonyl (C=O) groups excluding carboxylic acids is 1. The van der Waals surface area contributed by atoms with Crippen LogP contribution in [0.25, 0.3) is 0 Å². The number of aliphatic carboxylic acids is 1. The summed E-state index contributed by atoms with van der Waals surface area (Å²) in [4.78, 5) is 22.1. The van der Waals surface area contributed by atoms with E-state index in [0.717, 1.165) is 0 Å². The Labute approximate surface area is 122 Å². The van der Waals surface area contributed by atoms with Gasteiger partial charge < -0.3 is 10.4 Å². The highest BCUT2D eigenvalue weighted by atomic mass is 79.9. The van der Waals surface area contributed by atoms with Crippen LogP contribution in [0.3, 0.4) is 0 Å². The molecule has 0 fully saturated rings. The lowest BCUT2D eigenvalue weighted by molar-refractivity contribution is -0.140. The molecule has 7 heteroatoms. The second-order valence-electron chi connectivity index (χ2n) is 3.93. The van der Waals surface area contributed by atoms with Gasteiger partial charge in [-0.2, -0.15) is 11.8 Å². The summed E-state index contributed by atoms with van der Waals surface area (Å²) >= 11 is 4.32. The lowest BCUT2D eigenvalue weighted by Crippen LogP contribution is -2.18. The summed E-state index contributed by atoms with van der Waals surface area (Å²) < 4.78 is 14.0. The number of hydrogen-bond acceptors (Lipinski definition) is 3. The summed E-state index contributed by atoms with van der Waals surface area (Å²) in [6.45, 7) is 1.57. The average Bonchev–Trinajstić information content (AvgIpc) is 2.32. The van der Waals surface area contributed by atoms with Crippen molar-refractivity contribution in [3.63, 3.8) is 0 Å². The fraction of sp³-hybridized carbons (Fsp3) is 0.333. The first-order chi connectivity index (χ1) is 8.90. The van der Waals surface area contributed by atoms with Crippen molar-refractivity contribution in [3.05, 3.63) is 28.5 Å². The summed E-state index contributed by atoms with van der Waals surface area (Å²) in [7, 11) is 0. The molecule has 1 rings (SSSR count). The Kier molecular flexibility index (Phi) is 6.30. The molecule has 0 aliphatic rings. The van der Waals surface area contributed by atoms with Crippen molar-refractivity contribution >= 4 is 45.3 Å². The van der Waals surface area contributed by atoms with Crippen LogP contribution < -0.4 is 5.32 Å². The molecule has 0 aliphatic carbocycles. The van der Waals surface area contributed by atoms with Crippen LogP contribution in [0.5, 0.6) is 0 Å². The van der Waals surface area contributed by atoms with Crippen LogP contribution in [0.15, 0.2) is 22.7 Å². The molecule has 1 atom stereocenters. The minimum Gasteiger partial charge on any atom is -0.481 e. The molecule has 1 aromatic carbocycles. The van der Waals surface area contributed by atoms with Gasteiger partial charge in [0.25, 0.3) is 0 Å². The normalized spacial score (nSPS) is 11.9. The van der Waals surface area contributed by atoms with Crippen molar-refractivity contribution in [2.75, 3.05) is 16.8 Å². The molecule has 1 aromatic rings. The zero-order valence-corrected chi connectivity index (χ0v) is 12.6. The Hall–Kier alpha value is -1.08. The number of carboxylic acids is 1. The van der Waals surface area contributed by atoms with E-state index >= 15 is 0 Å². The molecule has 0 saturated carbocycles.